The number of carbonyl (C=O) groups is 1. The number of carboxylic acids is 1. The summed E-state index contributed by atoms with van der Waals surface area (Å²) in [5, 5.41) is 34.8. The smallest absolute Gasteiger partial charge is 0.337 e. The maximum Gasteiger partial charge on any atom is 0.337 e. The number of hydrogen-bond donors (Lipinski definition) is 0. The molecule has 1 rings (SSSR count). The third-order valence-corrected chi connectivity index (χ3v) is 5.07. The second-order valence-corrected chi connectivity index (χ2v) is 7.24. The van der Waals surface area contributed by atoms with Gasteiger partial charge in [-0.25, -0.2) is 0 Å². The molecule has 0 heterocycles. The SMILES string of the molecule is C=CC[N+](CC=C)(CCCCCCCC)c1c([N+](=O)[O-])cc(C(=O)[O-])cc1[N+](=O)[O-]. The second-order valence-electron chi connectivity index (χ2n) is 7.24. The van der Waals surface area contributed by atoms with Gasteiger partial charge < -0.3 is 9.90 Å². The van der Waals surface area contributed by atoms with Crippen LogP contribution in [0.25, 0.3) is 0 Å². The molecular formula is C21H29N3O6. The highest BCUT2D eigenvalue weighted by Gasteiger charge is 2.43. The number of rotatable bonds is 15. The van der Waals surface area contributed by atoms with E-state index < -0.39 is 32.8 Å². The fourth-order valence-corrected chi connectivity index (χ4v) is 3.73. The third-order valence-electron chi connectivity index (χ3n) is 5.07. The van der Waals surface area contributed by atoms with Gasteiger partial charge in [-0.1, -0.05) is 45.8 Å². The molecule has 0 atom stereocenters. The molecule has 0 aromatic heterocycles. The normalized spacial score (nSPS) is 11.1. The van der Waals surface area contributed by atoms with E-state index in [-0.39, 0.29) is 23.3 Å². The summed E-state index contributed by atoms with van der Waals surface area (Å²) in [7, 11) is 0. The summed E-state index contributed by atoms with van der Waals surface area (Å²) in [6.07, 6.45) is 9.01. The molecule has 0 aliphatic carbocycles. The van der Waals surface area contributed by atoms with Crippen LogP contribution < -0.4 is 9.59 Å². The van der Waals surface area contributed by atoms with Crippen LogP contribution in [0.5, 0.6) is 0 Å². The molecule has 0 fully saturated rings. The van der Waals surface area contributed by atoms with Gasteiger partial charge in [-0.15, -0.1) is 0 Å². The summed E-state index contributed by atoms with van der Waals surface area (Å²) in [6, 6.07) is 1.66. The number of unbranched alkanes of at least 4 members (excludes halogenated alkanes) is 5. The predicted octanol–water partition coefficient (Wildman–Crippen LogP) is 3.91. The minimum absolute atomic E-state index is 0.124. The van der Waals surface area contributed by atoms with Crippen LogP contribution in [0.1, 0.15) is 55.8 Å². The molecule has 0 saturated heterocycles. The Hall–Kier alpha value is -3.07. The Balaban J connectivity index is 3.58. The minimum atomic E-state index is -1.71. The number of nitrogens with zero attached hydrogens (tertiary/aromatic N) is 3. The first kappa shape index (κ1) is 25.0. The van der Waals surface area contributed by atoms with Crippen molar-refractivity contribution >= 4 is 23.0 Å². The van der Waals surface area contributed by atoms with Gasteiger partial charge in [0.2, 0.25) is 0 Å². The lowest BCUT2D eigenvalue weighted by Crippen LogP contribution is -2.51. The van der Waals surface area contributed by atoms with Gasteiger partial charge in [-0.2, -0.15) is 0 Å². The van der Waals surface area contributed by atoms with E-state index in [9.17, 15) is 30.1 Å². The Bertz CT molecular complexity index is 761. The van der Waals surface area contributed by atoms with Crippen LogP contribution in [0.3, 0.4) is 0 Å². The number of carbonyl (C=O) groups excluding carboxylic acids is 1. The molecule has 0 radical (unpaired) electrons. The zero-order chi connectivity index (χ0) is 22.7. The van der Waals surface area contributed by atoms with Gasteiger partial charge in [-0.05, 0) is 25.0 Å². The maximum atomic E-state index is 11.8. The highest BCUT2D eigenvalue weighted by Crippen LogP contribution is 2.43. The van der Waals surface area contributed by atoms with E-state index in [1.165, 1.54) is 0 Å². The van der Waals surface area contributed by atoms with Crippen molar-refractivity contribution < 1.29 is 19.7 Å². The summed E-state index contributed by atoms with van der Waals surface area (Å²) in [5.41, 5.74) is -1.97. The highest BCUT2D eigenvalue weighted by atomic mass is 16.6. The van der Waals surface area contributed by atoms with Gasteiger partial charge in [0.05, 0.1) is 22.4 Å². The van der Waals surface area contributed by atoms with Crippen molar-refractivity contribution in [3.63, 3.8) is 0 Å². The molecule has 9 nitrogen and oxygen atoms in total. The van der Waals surface area contributed by atoms with Crippen LogP contribution in [0.15, 0.2) is 37.4 Å². The molecule has 164 valence electrons. The van der Waals surface area contributed by atoms with Gasteiger partial charge >= 0.3 is 11.4 Å². The topological polar surface area (TPSA) is 126 Å². The van der Waals surface area contributed by atoms with E-state index in [1.54, 1.807) is 12.2 Å². The molecule has 30 heavy (non-hydrogen) atoms. The number of carboxylic acid groups (broad SMARTS) is 1. The molecule has 0 unspecified atom stereocenters. The molecule has 1 aromatic rings. The van der Waals surface area contributed by atoms with Gasteiger partial charge in [0.1, 0.15) is 13.1 Å². The largest absolute Gasteiger partial charge is 0.545 e. The lowest BCUT2D eigenvalue weighted by molar-refractivity contribution is -0.394. The van der Waals surface area contributed by atoms with E-state index in [0.717, 1.165) is 44.2 Å². The van der Waals surface area contributed by atoms with Crippen molar-refractivity contribution in [3.05, 3.63) is 63.2 Å². The van der Waals surface area contributed by atoms with Gasteiger partial charge in [-0.3, -0.25) is 24.7 Å². The molecular weight excluding hydrogens is 390 g/mol. The fraction of sp³-hybridized carbons (Fsp3) is 0.476. The van der Waals surface area contributed by atoms with Crippen molar-refractivity contribution in [2.45, 2.75) is 45.4 Å². The first-order valence-electron chi connectivity index (χ1n) is 10.0. The van der Waals surface area contributed by atoms with Crippen molar-refractivity contribution in [2.75, 3.05) is 19.6 Å². The van der Waals surface area contributed by atoms with E-state index in [4.69, 9.17) is 0 Å². The molecule has 0 saturated carbocycles. The second kappa shape index (κ2) is 11.8. The Morgan fingerprint density at radius 1 is 0.967 bits per heavy atom. The lowest BCUT2D eigenvalue weighted by Gasteiger charge is -2.35. The quantitative estimate of drug-likeness (QED) is 0.139. The molecule has 9 heteroatoms. The number of quaternary nitrogens is 1. The van der Waals surface area contributed by atoms with Crippen LogP contribution >= 0.6 is 0 Å². The first-order chi connectivity index (χ1) is 14.2. The molecule has 0 aliphatic heterocycles. The monoisotopic (exact) mass is 419 g/mol. The molecule has 0 bridgehead atoms. The number of benzene rings is 1. The highest BCUT2D eigenvalue weighted by molar-refractivity contribution is 5.91. The Kier molecular flexibility index (Phi) is 9.83. The minimum Gasteiger partial charge on any atom is -0.545 e. The Labute approximate surface area is 176 Å². The maximum absolute atomic E-state index is 11.8. The lowest BCUT2D eigenvalue weighted by atomic mass is 10.0. The number of nitro benzene ring substituents is 2. The van der Waals surface area contributed by atoms with Crippen LogP contribution in [0.4, 0.5) is 17.1 Å². The van der Waals surface area contributed by atoms with E-state index in [1.807, 2.05) is 0 Å². The van der Waals surface area contributed by atoms with E-state index in [0.29, 0.717) is 13.0 Å². The molecule has 0 amide bonds. The summed E-state index contributed by atoms with van der Waals surface area (Å²) < 4.78 is -0.124. The van der Waals surface area contributed by atoms with Gasteiger partial charge in [0.15, 0.2) is 0 Å². The zero-order valence-corrected chi connectivity index (χ0v) is 17.4. The van der Waals surface area contributed by atoms with E-state index >= 15 is 0 Å². The zero-order valence-electron chi connectivity index (χ0n) is 17.4. The molecule has 0 spiro atoms. The summed E-state index contributed by atoms with van der Waals surface area (Å²) >= 11 is 0. The summed E-state index contributed by atoms with van der Waals surface area (Å²) in [4.78, 5) is 33.3. The standard InChI is InChI=1S/C21H29N3O6/c1-4-7-8-9-10-11-14-24(12-5-2,13-6-3)20-18(22(27)28)15-17(21(25)26)16-19(20)23(29)30/h5-6,15-16H,2-4,7-14H2,1H3. The predicted molar refractivity (Wildman–Crippen MR) is 114 cm³/mol. The number of aromatic carboxylic acids is 1. The van der Waals surface area contributed by atoms with E-state index in [2.05, 4.69) is 20.1 Å². The molecule has 0 aliphatic rings. The Morgan fingerprint density at radius 3 is 1.83 bits per heavy atom. The van der Waals surface area contributed by atoms with Crippen molar-refractivity contribution in [3.8, 4) is 0 Å². The summed E-state index contributed by atoms with van der Waals surface area (Å²) in [6.45, 7) is 10.4. The van der Waals surface area contributed by atoms with Crippen LogP contribution in [-0.4, -0.2) is 35.5 Å². The van der Waals surface area contributed by atoms with Gasteiger partial charge in [0.25, 0.3) is 5.69 Å². The number of hydrogen-bond acceptors (Lipinski definition) is 6. The van der Waals surface area contributed by atoms with Crippen molar-refractivity contribution in [1.82, 2.24) is 4.48 Å². The average Bonchev–Trinajstić information content (AvgIpc) is 2.69. The molecule has 1 aromatic carbocycles. The fourth-order valence-electron chi connectivity index (χ4n) is 3.73. The molecule has 0 N–H and O–H groups in total. The third kappa shape index (κ3) is 6.21. The van der Waals surface area contributed by atoms with Crippen LogP contribution in [0.2, 0.25) is 0 Å². The van der Waals surface area contributed by atoms with Crippen molar-refractivity contribution in [2.24, 2.45) is 0 Å². The average molecular weight is 419 g/mol. The first-order valence-corrected chi connectivity index (χ1v) is 10.0. The Morgan fingerprint density at radius 2 is 1.43 bits per heavy atom. The van der Waals surface area contributed by atoms with Crippen LogP contribution in [-0.2, 0) is 0 Å². The van der Waals surface area contributed by atoms with Gasteiger partial charge in [0, 0.05) is 17.7 Å². The summed E-state index contributed by atoms with van der Waals surface area (Å²) in [5.74, 6) is -1.71. The van der Waals surface area contributed by atoms with Crippen LogP contribution in [0, 0.1) is 20.2 Å². The number of nitro groups is 2. The van der Waals surface area contributed by atoms with Crippen molar-refractivity contribution in [1.29, 1.82) is 0 Å².